The molecule has 3 atom stereocenters. The van der Waals surface area contributed by atoms with Crippen molar-refractivity contribution in [1.82, 2.24) is 9.55 Å². The van der Waals surface area contributed by atoms with Crippen LogP contribution in [0.3, 0.4) is 0 Å². The van der Waals surface area contributed by atoms with Crippen molar-refractivity contribution < 1.29 is 54.0 Å². The Labute approximate surface area is 147 Å². The van der Waals surface area contributed by atoms with E-state index in [0.717, 1.165) is 0 Å². The average Bonchev–Trinajstić information content (AvgIpc) is 2.83. The average molecular weight is 322 g/mol. The first-order valence-electron chi connectivity index (χ1n) is 6.32. The Morgan fingerprint density at radius 3 is 2.86 bits per heavy atom. The van der Waals surface area contributed by atoms with E-state index in [2.05, 4.69) is 4.98 Å². The third-order valence-electron chi connectivity index (χ3n) is 3.23. The number of ether oxygens (including phenoxy) is 2. The minimum atomic E-state index is -1.38. The number of hydrogen-bond donors (Lipinski definition) is 2. The predicted octanol–water partition coefficient (Wildman–Crippen LogP) is -5.74. The largest absolute Gasteiger partial charge is 1.00 e. The maximum atomic E-state index is 11.8. The van der Waals surface area contributed by atoms with Crippen molar-refractivity contribution >= 4 is 5.97 Å². The summed E-state index contributed by atoms with van der Waals surface area (Å²) in [7, 11) is 0. The molecular formula is C12H15N2NaO7. The number of aromatic nitrogens is 2. The van der Waals surface area contributed by atoms with E-state index in [1.165, 1.54) is 17.7 Å². The fraction of sp³-hybridized carbons (Fsp3) is 0.583. The molecule has 1 fully saturated rings. The molecule has 0 amide bonds. The second-order valence-corrected chi connectivity index (χ2v) is 4.75. The number of carboxylic acid groups (broad SMARTS) is 1. The predicted molar refractivity (Wildman–Crippen MR) is 66.4 cm³/mol. The van der Waals surface area contributed by atoms with Crippen LogP contribution in [0.2, 0.25) is 0 Å². The number of carbonyl (C=O) groups excluding carboxylic acids is 1. The topological polar surface area (TPSA) is 134 Å². The number of rotatable bonds is 5. The van der Waals surface area contributed by atoms with E-state index in [4.69, 9.17) is 9.47 Å². The SMILES string of the molecule is Cc1cn([C@H]2C[C@H](OCC(=O)[O-])[C@@H](CO)O2)c(=O)[nH]c1=O.[Na+]. The number of nitrogens with one attached hydrogen (secondary N) is 1. The summed E-state index contributed by atoms with van der Waals surface area (Å²) in [4.78, 5) is 35.6. The summed E-state index contributed by atoms with van der Waals surface area (Å²) < 4.78 is 11.7. The van der Waals surface area contributed by atoms with Crippen LogP contribution in [0.1, 0.15) is 18.2 Å². The number of aliphatic carboxylic acids is 1. The van der Waals surface area contributed by atoms with Gasteiger partial charge < -0.3 is 24.5 Å². The van der Waals surface area contributed by atoms with Gasteiger partial charge in [-0.3, -0.25) is 14.3 Å². The van der Waals surface area contributed by atoms with Gasteiger partial charge in [-0.15, -0.1) is 0 Å². The van der Waals surface area contributed by atoms with E-state index in [9.17, 15) is 24.6 Å². The first-order chi connectivity index (χ1) is 9.92. The summed E-state index contributed by atoms with van der Waals surface area (Å²) in [5.41, 5.74) is -0.802. The normalized spacial score (nSPS) is 24.0. The van der Waals surface area contributed by atoms with E-state index >= 15 is 0 Å². The van der Waals surface area contributed by atoms with Gasteiger partial charge in [-0.1, -0.05) is 0 Å². The molecule has 0 aromatic carbocycles. The van der Waals surface area contributed by atoms with Crippen molar-refractivity contribution in [2.45, 2.75) is 31.8 Å². The van der Waals surface area contributed by atoms with Crippen LogP contribution in [0.25, 0.3) is 0 Å². The fourth-order valence-corrected chi connectivity index (χ4v) is 2.19. The van der Waals surface area contributed by atoms with Gasteiger partial charge in [-0.2, -0.15) is 0 Å². The summed E-state index contributed by atoms with van der Waals surface area (Å²) in [6.07, 6.45) is -0.673. The summed E-state index contributed by atoms with van der Waals surface area (Å²) in [5, 5.41) is 19.6. The molecule has 1 saturated heterocycles. The van der Waals surface area contributed by atoms with Gasteiger partial charge in [0.15, 0.2) is 0 Å². The number of aryl methyl sites for hydroxylation is 1. The molecule has 1 aliphatic heterocycles. The molecule has 0 radical (unpaired) electrons. The zero-order chi connectivity index (χ0) is 15.6. The smallest absolute Gasteiger partial charge is 0.548 e. The van der Waals surface area contributed by atoms with Crippen LogP contribution in [-0.2, 0) is 14.3 Å². The summed E-state index contributed by atoms with van der Waals surface area (Å²) in [5.74, 6) is -1.38. The Bertz CT molecular complexity index is 641. The Hall–Kier alpha value is -0.970. The van der Waals surface area contributed by atoms with Gasteiger partial charge in [0.25, 0.3) is 5.56 Å². The molecule has 0 aliphatic carbocycles. The summed E-state index contributed by atoms with van der Waals surface area (Å²) in [6, 6.07) is 0. The van der Waals surface area contributed by atoms with Crippen molar-refractivity contribution in [3.8, 4) is 0 Å². The van der Waals surface area contributed by atoms with E-state index in [1.807, 2.05) is 0 Å². The van der Waals surface area contributed by atoms with Gasteiger partial charge in [0, 0.05) is 18.2 Å². The van der Waals surface area contributed by atoms with E-state index in [-0.39, 0.29) is 42.6 Å². The van der Waals surface area contributed by atoms with Gasteiger partial charge in [-0.25, -0.2) is 4.79 Å². The molecule has 9 nitrogen and oxygen atoms in total. The van der Waals surface area contributed by atoms with Gasteiger partial charge in [0.05, 0.1) is 25.3 Å². The molecule has 0 unspecified atom stereocenters. The molecule has 1 aliphatic rings. The Morgan fingerprint density at radius 2 is 2.27 bits per heavy atom. The molecule has 2 N–H and O–H groups in total. The number of aliphatic hydroxyl groups excluding tert-OH is 1. The van der Waals surface area contributed by atoms with Crippen molar-refractivity contribution in [3.05, 3.63) is 32.6 Å². The number of carboxylic acids is 1. The molecular weight excluding hydrogens is 307 g/mol. The summed E-state index contributed by atoms with van der Waals surface area (Å²) >= 11 is 0. The van der Waals surface area contributed by atoms with Crippen LogP contribution < -0.4 is 45.9 Å². The Balaban J connectivity index is 0.00000242. The van der Waals surface area contributed by atoms with E-state index < -0.39 is 42.3 Å². The number of aromatic amines is 1. The minimum absolute atomic E-state index is 0. The van der Waals surface area contributed by atoms with Gasteiger partial charge in [0.1, 0.15) is 12.3 Å². The monoisotopic (exact) mass is 322 g/mol. The maximum Gasteiger partial charge on any atom is 1.00 e. The molecule has 10 heteroatoms. The number of aliphatic hydroxyl groups is 1. The number of nitrogens with zero attached hydrogens (tertiary/aromatic N) is 1. The van der Waals surface area contributed by atoms with E-state index in [1.54, 1.807) is 0 Å². The molecule has 116 valence electrons. The standard InChI is InChI=1S/C12H16N2O7.Na/c1-6-3-14(12(19)13-11(6)18)9-2-7(8(4-15)21-9)20-5-10(16)17;/h3,7-9,15H,2,4-5H2,1H3,(H,16,17)(H,13,18,19);/q;+1/p-1/t7-,8+,9+;/m0./s1. The second-order valence-electron chi connectivity index (χ2n) is 4.75. The molecule has 1 aromatic rings. The molecule has 2 heterocycles. The Morgan fingerprint density at radius 1 is 1.59 bits per heavy atom. The number of H-pyrrole nitrogens is 1. The van der Waals surface area contributed by atoms with Crippen molar-refractivity contribution in [2.75, 3.05) is 13.2 Å². The van der Waals surface area contributed by atoms with Crippen LogP contribution in [0.15, 0.2) is 15.8 Å². The van der Waals surface area contributed by atoms with Gasteiger partial charge in [-0.05, 0) is 6.92 Å². The minimum Gasteiger partial charge on any atom is -0.548 e. The van der Waals surface area contributed by atoms with Crippen LogP contribution >= 0.6 is 0 Å². The summed E-state index contributed by atoms with van der Waals surface area (Å²) in [6.45, 7) is 0.527. The molecule has 22 heavy (non-hydrogen) atoms. The van der Waals surface area contributed by atoms with Gasteiger partial charge >= 0.3 is 35.2 Å². The van der Waals surface area contributed by atoms with Crippen LogP contribution in [0, 0.1) is 6.92 Å². The van der Waals surface area contributed by atoms with Crippen LogP contribution in [0.4, 0.5) is 0 Å². The second kappa shape index (κ2) is 8.04. The third kappa shape index (κ3) is 4.28. The zero-order valence-corrected chi connectivity index (χ0v) is 14.3. The first-order valence-corrected chi connectivity index (χ1v) is 6.32. The van der Waals surface area contributed by atoms with Crippen LogP contribution in [0.5, 0.6) is 0 Å². The molecule has 1 aromatic heterocycles. The maximum absolute atomic E-state index is 11.8. The number of carbonyl (C=O) groups is 1. The third-order valence-corrected chi connectivity index (χ3v) is 3.23. The molecule has 0 saturated carbocycles. The number of hydrogen-bond acceptors (Lipinski definition) is 7. The molecule has 0 bridgehead atoms. The Kier molecular flexibility index (Phi) is 6.98. The van der Waals surface area contributed by atoms with Gasteiger partial charge in [0.2, 0.25) is 0 Å². The zero-order valence-electron chi connectivity index (χ0n) is 12.3. The molecule has 2 rings (SSSR count). The van der Waals surface area contributed by atoms with Crippen molar-refractivity contribution in [3.63, 3.8) is 0 Å². The van der Waals surface area contributed by atoms with E-state index in [0.29, 0.717) is 5.56 Å². The molecule has 0 spiro atoms. The quantitative estimate of drug-likeness (QED) is 0.516. The van der Waals surface area contributed by atoms with Crippen molar-refractivity contribution in [1.29, 1.82) is 0 Å². The fourth-order valence-electron chi connectivity index (χ4n) is 2.19. The van der Waals surface area contributed by atoms with Crippen LogP contribution in [-0.4, -0.2) is 46.0 Å². The van der Waals surface area contributed by atoms with Crippen molar-refractivity contribution in [2.24, 2.45) is 0 Å². The first kappa shape index (κ1) is 19.1.